The molecule has 0 heterocycles. The molecule has 5 heteroatoms. The molecular formula is C14H25NO4. The van der Waals surface area contributed by atoms with E-state index >= 15 is 0 Å². The summed E-state index contributed by atoms with van der Waals surface area (Å²) in [4.78, 5) is 22.5. The quantitative estimate of drug-likeness (QED) is 0.801. The third kappa shape index (κ3) is 7.03. The minimum absolute atomic E-state index is 0.115. The molecule has 1 amide bonds. The van der Waals surface area contributed by atoms with Gasteiger partial charge >= 0.3 is 12.1 Å². The van der Waals surface area contributed by atoms with Gasteiger partial charge in [0.2, 0.25) is 0 Å². The SMILES string of the molecule is CC(=O)OCC1CCCC(NC(=O)OC(C)(C)C)C1. The molecule has 2 unspecified atom stereocenters. The van der Waals surface area contributed by atoms with Crippen LogP contribution in [0.3, 0.4) is 0 Å². The lowest BCUT2D eigenvalue weighted by Gasteiger charge is -2.30. The Labute approximate surface area is 115 Å². The van der Waals surface area contributed by atoms with Gasteiger partial charge in [0, 0.05) is 13.0 Å². The molecule has 0 aromatic heterocycles. The van der Waals surface area contributed by atoms with E-state index in [1.165, 1.54) is 6.92 Å². The molecule has 0 aromatic rings. The van der Waals surface area contributed by atoms with Crippen LogP contribution in [0.1, 0.15) is 53.4 Å². The molecule has 0 radical (unpaired) electrons. The number of carbonyl (C=O) groups excluding carboxylic acids is 2. The zero-order chi connectivity index (χ0) is 14.5. The van der Waals surface area contributed by atoms with Crippen LogP contribution in [0.2, 0.25) is 0 Å². The minimum atomic E-state index is -0.476. The molecule has 1 aliphatic rings. The Morgan fingerprint density at radius 2 is 1.95 bits per heavy atom. The third-order valence-electron chi connectivity index (χ3n) is 3.03. The zero-order valence-corrected chi connectivity index (χ0v) is 12.3. The van der Waals surface area contributed by atoms with Gasteiger partial charge in [0.25, 0.3) is 0 Å². The fourth-order valence-electron chi connectivity index (χ4n) is 2.28. The predicted octanol–water partition coefficient (Wildman–Crippen LogP) is 2.63. The van der Waals surface area contributed by atoms with Crippen molar-refractivity contribution in [3.63, 3.8) is 0 Å². The highest BCUT2D eigenvalue weighted by Crippen LogP contribution is 2.25. The summed E-state index contributed by atoms with van der Waals surface area (Å²) in [6.07, 6.45) is 3.50. The van der Waals surface area contributed by atoms with Crippen LogP contribution in [0.5, 0.6) is 0 Å². The first-order chi connectivity index (χ1) is 8.76. The van der Waals surface area contributed by atoms with E-state index in [0.717, 1.165) is 25.7 Å². The molecule has 1 saturated carbocycles. The van der Waals surface area contributed by atoms with Gasteiger partial charge in [-0.3, -0.25) is 4.79 Å². The highest BCUT2D eigenvalue weighted by atomic mass is 16.6. The van der Waals surface area contributed by atoms with Crippen LogP contribution >= 0.6 is 0 Å². The molecule has 5 nitrogen and oxygen atoms in total. The number of alkyl carbamates (subject to hydrolysis) is 1. The average Bonchev–Trinajstić information content (AvgIpc) is 2.24. The van der Waals surface area contributed by atoms with Crippen molar-refractivity contribution in [2.75, 3.05) is 6.61 Å². The molecule has 0 spiro atoms. The fourth-order valence-corrected chi connectivity index (χ4v) is 2.28. The van der Waals surface area contributed by atoms with Gasteiger partial charge in [-0.25, -0.2) is 4.79 Å². The van der Waals surface area contributed by atoms with Crippen molar-refractivity contribution in [1.82, 2.24) is 5.32 Å². The Bertz CT molecular complexity index is 322. The zero-order valence-electron chi connectivity index (χ0n) is 12.3. The number of hydrogen-bond acceptors (Lipinski definition) is 4. The Morgan fingerprint density at radius 1 is 1.26 bits per heavy atom. The molecule has 1 N–H and O–H groups in total. The van der Waals surface area contributed by atoms with E-state index in [0.29, 0.717) is 12.5 Å². The van der Waals surface area contributed by atoms with Gasteiger partial charge in [-0.15, -0.1) is 0 Å². The van der Waals surface area contributed by atoms with Gasteiger partial charge in [0.05, 0.1) is 6.61 Å². The molecule has 0 saturated heterocycles. The van der Waals surface area contributed by atoms with Crippen molar-refractivity contribution in [2.24, 2.45) is 5.92 Å². The molecule has 1 aliphatic carbocycles. The maximum atomic E-state index is 11.7. The molecule has 19 heavy (non-hydrogen) atoms. The molecular weight excluding hydrogens is 246 g/mol. The monoisotopic (exact) mass is 271 g/mol. The van der Waals surface area contributed by atoms with Gasteiger partial charge in [-0.1, -0.05) is 6.42 Å². The Kier molecular flexibility index (Phi) is 5.63. The van der Waals surface area contributed by atoms with Gasteiger partial charge in [-0.2, -0.15) is 0 Å². The van der Waals surface area contributed by atoms with Crippen molar-refractivity contribution in [2.45, 2.75) is 65.0 Å². The largest absolute Gasteiger partial charge is 0.466 e. The Morgan fingerprint density at radius 3 is 2.53 bits per heavy atom. The van der Waals surface area contributed by atoms with E-state index < -0.39 is 5.60 Å². The van der Waals surface area contributed by atoms with E-state index in [9.17, 15) is 9.59 Å². The van der Waals surface area contributed by atoms with E-state index in [2.05, 4.69) is 5.32 Å². The topological polar surface area (TPSA) is 64.6 Å². The summed E-state index contributed by atoms with van der Waals surface area (Å²) in [6, 6.07) is 0.115. The van der Waals surface area contributed by atoms with Crippen LogP contribution < -0.4 is 5.32 Å². The van der Waals surface area contributed by atoms with E-state index in [1.54, 1.807) is 0 Å². The predicted molar refractivity (Wildman–Crippen MR) is 71.7 cm³/mol. The second kappa shape index (κ2) is 6.78. The second-order valence-corrected chi connectivity index (χ2v) is 6.18. The normalized spacial score (nSPS) is 23.6. The first-order valence-corrected chi connectivity index (χ1v) is 6.89. The lowest BCUT2D eigenvalue weighted by molar-refractivity contribution is -0.142. The molecule has 0 aromatic carbocycles. The van der Waals surface area contributed by atoms with Crippen molar-refractivity contribution >= 4 is 12.1 Å². The van der Waals surface area contributed by atoms with Crippen molar-refractivity contribution in [1.29, 1.82) is 0 Å². The first kappa shape index (κ1) is 15.8. The molecule has 2 atom stereocenters. The van der Waals surface area contributed by atoms with Gasteiger partial charge in [0.1, 0.15) is 5.60 Å². The van der Waals surface area contributed by atoms with Crippen LogP contribution in [-0.4, -0.2) is 30.3 Å². The number of rotatable bonds is 3. The molecule has 110 valence electrons. The number of esters is 1. The second-order valence-electron chi connectivity index (χ2n) is 6.18. The average molecular weight is 271 g/mol. The minimum Gasteiger partial charge on any atom is -0.466 e. The molecule has 1 fully saturated rings. The number of nitrogens with one attached hydrogen (secondary N) is 1. The summed E-state index contributed by atoms with van der Waals surface area (Å²) < 4.78 is 10.3. The molecule has 0 bridgehead atoms. The number of hydrogen-bond donors (Lipinski definition) is 1. The fraction of sp³-hybridized carbons (Fsp3) is 0.857. The summed E-state index contributed by atoms with van der Waals surface area (Å²) in [7, 11) is 0. The summed E-state index contributed by atoms with van der Waals surface area (Å²) >= 11 is 0. The Hall–Kier alpha value is -1.26. The summed E-state index contributed by atoms with van der Waals surface area (Å²) in [5.74, 6) is 0.0832. The maximum absolute atomic E-state index is 11.7. The third-order valence-corrected chi connectivity index (χ3v) is 3.03. The summed E-state index contributed by atoms with van der Waals surface area (Å²) in [6.45, 7) is 7.39. The molecule has 0 aliphatic heterocycles. The van der Waals surface area contributed by atoms with Gasteiger partial charge in [-0.05, 0) is 46.0 Å². The number of ether oxygens (including phenoxy) is 2. The van der Waals surface area contributed by atoms with E-state index in [-0.39, 0.29) is 18.1 Å². The van der Waals surface area contributed by atoms with Crippen molar-refractivity contribution in [3.05, 3.63) is 0 Å². The summed E-state index contributed by atoms with van der Waals surface area (Å²) in [5.41, 5.74) is -0.476. The van der Waals surface area contributed by atoms with Gasteiger partial charge < -0.3 is 14.8 Å². The van der Waals surface area contributed by atoms with Crippen LogP contribution in [0.25, 0.3) is 0 Å². The van der Waals surface area contributed by atoms with Crippen LogP contribution in [-0.2, 0) is 14.3 Å². The summed E-state index contributed by atoms with van der Waals surface area (Å²) in [5, 5.41) is 2.89. The molecule has 1 rings (SSSR count). The number of carbonyl (C=O) groups is 2. The van der Waals surface area contributed by atoms with Gasteiger partial charge in [0.15, 0.2) is 0 Å². The standard InChI is InChI=1S/C14H25NO4/c1-10(16)18-9-11-6-5-7-12(8-11)15-13(17)19-14(2,3)4/h11-12H,5-9H2,1-4H3,(H,15,17). The van der Waals surface area contributed by atoms with Crippen LogP contribution in [0.4, 0.5) is 4.79 Å². The van der Waals surface area contributed by atoms with Crippen molar-refractivity contribution < 1.29 is 19.1 Å². The van der Waals surface area contributed by atoms with Crippen molar-refractivity contribution in [3.8, 4) is 0 Å². The lowest BCUT2D eigenvalue weighted by atomic mass is 9.86. The highest BCUT2D eigenvalue weighted by Gasteiger charge is 2.25. The highest BCUT2D eigenvalue weighted by molar-refractivity contribution is 5.68. The van der Waals surface area contributed by atoms with Crippen LogP contribution in [0, 0.1) is 5.92 Å². The van der Waals surface area contributed by atoms with Crippen LogP contribution in [0.15, 0.2) is 0 Å². The van der Waals surface area contributed by atoms with E-state index in [4.69, 9.17) is 9.47 Å². The maximum Gasteiger partial charge on any atom is 0.407 e. The lowest BCUT2D eigenvalue weighted by Crippen LogP contribution is -2.42. The van der Waals surface area contributed by atoms with E-state index in [1.807, 2.05) is 20.8 Å². The first-order valence-electron chi connectivity index (χ1n) is 6.89. The number of amides is 1. The Balaban J connectivity index is 2.34. The smallest absolute Gasteiger partial charge is 0.407 e.